The monoisotopic (exact) mass is 851 g/mol. The van der Waals surface area contributed by atoms with Gasteiger partial charge in [0.05, 0.1) is 50.2 Å². The molecule has 1 heterocycles. The smallest absolute Gasteiger partial charge is 0.330 e. The van der Waals surface area contributed by atoms with Gasteiger partial charge in [0.25, 0.3) is 11.0 Å². The predicted octanol–water partition coefficient (Wildman–Crippen LogP) is 8.39. The molecule has 5 aromatic rings. The highest BCUT2D eigenvalue weighted by Gasteiger charge is 2.31. The van der Waals surface area contributed by atoms with Crippen LogP contribution in [-0.2, 0) is 25.7 Å². The molecule has 4 aromatic carbocycles. The average Bonchev–Trinajstić information content (AvgIpc) is 3.60. The summed E-state index contributed by atoms with van der Waals surface area (Å²) in [5, 5.41) is 34.5. The lowest BCUT2D eigenvalue weighted by Gasteiger charge is -2.20. The molecule has 0 aliphatic carbocycles. The van der Waals surface area contributed by atoms with Crippen LogP contribution in [-0.4, -0.2) is 70.2 Å². The molecule has 2 unspecified atom stereocenters. The number of carbonyl (C=O) groups is 3. The molecule has 326 valence electrons. The van der Waals surface area contributed by atoms with Crippen LogP contribution in [0.3, 0.4) is 0 Å². The van der Waals surface area contributed by atoms with Crippen molar-refractivity contribution in [2.45, 2.75) is 70.6 Å². The fourth-order valence-corrected chi connectivity index (χ4v) is 6.96. The van der Waals surface area contributed by atoms with Crippen LogP contribution in [0.1, 0.15) is 73.5 Å². The van der Waals surface area contributed by atoms with E-state index >= 15 is 0 Å². The normalized spacial score (nSPS) is 12.2. The zero-order chi connectivity index (χ0) is 44.6. The lowest BCUT2D eigenvalue weighted by Crippen LogP contribution is -2.24. The van der Waals surface area contributed by atoms with Gasteiger partial charge in [-0.1, -0.05) is 68.4 Å². The van der Waals surface area contributed by atoms with E-state index in [-0.39, 0.29) is 55.9 Å². The largest absolute Gasteiger partial charge is 0.493 e. The first-order chi connectivity index (χ1) is 29.8. The molecule has 0 radical (unpaired) electrons. The van der Waals surface area contributed by atoms with Crippen molar-refractivity contribution in [2.75, 3.05) is 25.6 Å². The quantitative estimate of drug-likeness (QED) is 0.0152. The number of benzene rings is 4. The van der Waals surface area contributed by atoms with Crippen molar-refractivity contribution in [3.05, 3.63) is 142 Å². The molecule has 0 aliphatic rings. The number of anilines is 1. The molecule has 0 spiro atoms. The van der Waals surface area contributed by atoms with E-state index in [1.807, 2.05) is 66.9 Å². The Morgan fingerprint density at radius 1 is 0.871 bits per heavy atom. The predicted molar refractivity (Wildman–Crippen MR) is 230 cm³/mol. The molecule has 3 N–H and O–H groups in total. The molecule has 5 rings (SSSR count). The Morgan fingerprint density at radius 3 is 2.21 bits per heavy atom. The summed E-state index contributed by atoms with van der Waals surface area (Å²) in [6.45, 7) is 4.13. The maximum absolute atomic E-state index is 14.3. The summed E-state index contributed by atoms with van der Waals surface area (Å²) >= 11 is 0. The van der Waals surface area contributed by atoms with E-state index in [0.717, 1.165) is 5.56 Å². The van der Waals surface area contributed by atoms with Gasteiger partial charge >= 0.3 is 11.9 Å². The SMILES string of the molecule is COc1cc(/C=C/C(=O)OCCCCO[N+](=O)[O-])ccc1OC(=O)CC(O)CC(O)CCn1c(-c2ccc(F)cc2)c(-c2ccccc2)c(C(=O)Nc2ccccc2)c1C(C)C. The van der Waals surface area contributed by atoms with Crippen LogP contribution in [0.4, 0.5) is 10.1 Å². The van der Waals surface area contributed by atoms with Crippen molar-refractivity contribution in [1.29, 1.82) is 0 Å². The highest BCUT2D eigenvalue weighted by molar-refractivity contribution is 6.12. The third-order valence-corrected chi connectivity index (χ3v) is 9.72. The number of amides is 1. The average molecular weight is 852 g/mol. The van der Waals surface area contributed by atoms with E-state index < -0.39 is 41.5 Å². The number of esters is 2. The molecule has 1 aromatic heterocycles. The van der Waals surface area contributed by atoms with Gasteiger partial charge in [0.1, 0.15) is 5.82 Å². The maximum atomic E-state index is 14.3. The number of aliphatic hydroxyl groups excluding tert-OH is 2. The summed E-state index contributed by atoms with van der Waals surface area (Å²) in [5.74, 6) is -2.05. The Kier molecular flexibility index (Phi) is 16.9. The minimum absolute atomic E-state index is 0.0576. The van der Waals surface area contributed by atoms with Crippen molar-refractivity contribution in [2.24, 2.45) is 0 Å². The Morgan fingerprint density at radius 2 is 1.55 bits per heavy atom. The number of aliphatic hydroxyl groups is 2. The molecule has 1 amide bonds. The van der Waals surface area contributed by atoms with E-state index in [2.05, 4.69) is 10.2 Å². The molecule has 0 fully saturated rings. The molecule has 0 bridgehead atoms. The molecular weight excluding hydrogens is 802 g/mol. The van der Waals surface area contributed by atoms with Crippen LogP contribution < -0.4 is 14.8 Å². The molecule has 2 atom stereocenters. The number of hydrogen-bond donors (Lipinski definition) is 3. The third-order valence-electron chi connectivity index (χ3n) is 9.72. The number of methoxy groups -OCH3 is 1. The van der Waals surface area contributed by atoms with E-state index in [9.17, 15) is 39.1 Å². The summed E-state index contributed by atoms with van der Waals surface area (Å²) in [6, 6.07) is 29.2. The van der Waals surface area contributed by atoms with Crippen LogP contribution in [0.25, 0.3) is 28.5 Å². The lowest BCUT2D eigenvalue weighted by atomic mass is 9.94. The van der Waals surface area contributed by atoms with E-state index in [1.165, 1.54) is 43.5 Å². The summed E-state index contributed by atoms with van der Waals surface area (Å²) in [4.78, 5) is 53.8. The summed E-state index contributed by atoms with van der Waals surface area (Å²) in [6.07, 6.45) is 0.604. The minimum atomic E-state index is -1.27. The standard InChI is InChI=1S/C47H50FN3O11/c1-31(2)45-44(47(56)49-36-14-8-5-9-15-36)43(33-12-6-4-7-13-33)46(34-18-20-35(48)21-19-34)50(45)25-24-37(52)29-38(53)30-42(55)62-39-22-16-32(28-40(39)59-3)17-23-41(54)60-26-10-11-27-61-51(57)58/h4-9,12-23,28,31,37-38,52-53H,10-11,24-27,29-30H2,1-3H3,(H,49,56)/b23-17+. The number of ether oxygens (including phenoxy) is 3. The van der Waals surface area contributed by atoms with Gasteiger partial charge in [-0.05, 0) is 103 Å². The number of nitrogens with zero attached hydrogens (tertiary/aromatic N) is 2. The number of halogens is 1. The van der Waals surface area contributed by atoms with Gasteiger partial charge in [-0.2, -0.15) is 0 Å². The van der Waals surface area contributed by atoms with Crippen LogP contribution in [0.5, 0.6) is 11.5 Å². The maximum Gasteiger partial charge on any atom is 0.330 e. The first kappa shape index (κ1) is 46.2. The molecule has 0 saturated carbocycles. The number of hydrogen-bond acceptors (Lipinski definition) is 11. The van der Waals surface area contributed by atoms with Gasteiger partial charge in [-0.3, -0.25) is 9.59 Å². The van der Waals surface area contributed by atoms with Crippen molar-refractivity contribution in [3.63, 3.8) is 0 Å². The number of nitrogens with one attached hydrogen (secondary N) is 1. The van der Waals surface area contributed by atoms with Gasteiger partial charge in [0.2, 0.25) is 0 Å². The number of aromatic nitrogens is 1. The number of carbonyl (C=O) groups excluding carboxylic acids is 3. The topological polar surface area (TPSA) is 189 Å². The Labute approximate surface area is 358 Å². The zero-order valence-corrected chi connectivity index (χ0v) is 34.7. The highest BCUT2D eigenvalue weighted by atomic mass is 19.1. The van der Waals surface area contributed by atoms with Gasteiger partial charge in [0, 0.05) is 29.6 Å². The van der Waals surface area contributed by atoms with E-state index in [1.54, 1.807) is 30.3 Å². The van der Waals surface area contributed by atoms with Crippen molar-refractivity contribution >= 4 is 29.6 Å². The van der Waals surface area contributed by atoms with Crippen molar-refractivity contribution in [1.82, 2.24) is 4.57 Å². The van der Waals surface area contributed by atoms with Crippen LogP contribution >= 0.6 is 0 Å². The van der Waals surface area contributed by atoms with Gasteiger partial charge < -0.3 is 39.1 Å². The molecular formula is C47H50FN3O11. The molecule has 62 heavy (non-hydrogen) atoms. The zero-order valence-electron chi connectivity index (χ0n) is 34.7. The second-order valence-corrected chi connectivity index (χ2v) is 14.7. The highest BCUT2D eigenvalue weighted by Crippen LogP contribution is 2.43. The van der Waals surface area contributed by atoms with Crippen molar-refractivity contribution < 1.29 is 53.1 Å². The number of unbranched alkanes of at least 4 members (excludes halogenated alkanes) is 1. The molecule has 15 heteroatoms. The van der Waals surface area contributed by atoms with E-state index in [4.69, 9.17) is 14.2 Å². The second-order valence-electron chi connectivity index (χ2n) is 14.7. The molecule has 14 nitrogen and oxygen atoms in total. The summed E-state index contributed by atoms with van der Waals surface area (Å²) in [5.41, 5.74) is 5.06. The van der Waals surface area contributed by atoms with Crippen molar-refractivity contribution in [3.8, 4) is 33.9 Å². The minimum Gasteiger partial charge on any atom is -0.493 e. The van der Waals surface area contributed by atoms with Gasteiger partial charge in [0.15, 0.2) is 11.5 Å². The molecule has 0 aliphatic heterocycles. The lowest BCUT2D eigenvalue weighted by molar-refractivity contribution is -0.757. The van der Waals surface area contributed by atoms with Crippen LogP contribution in [0.15, 0.2) is 109 Å². The van der Waals surface area contributed by atoms with Gasteiger partial charge in [-0.25, -0.2) is 9.18 Å². The Balaban J connectivity index is 1.27. The third kappa shape index (κ3) is 13.1. The summed E-state index contributed by atoms with van der Waals surface area (Å²) < 4.78 is 32.2. The number of rotatable bonds is 22. The van der Waals surface area contributed by atoms with Gasteiger partial charge in [-0.15, -0.1) is 10.1 Å². The second kappa shape index (κ2) is 22.7. The molecule has 0 saturated heterocycles. The Bertz CT molecular complexity index is 2310. The fourth-order valence-electron chi connectivity index (χ4n) is 6.96. The van der Waals surface area contributed by atoms with E-state index in [0.29, 0.717) is 52.2 Å². The van der Waals surface area contributed by atoms with Crippen LogP contribution in [0.2, 0.25) is 0 Å². The first-order valence-corrected chi connectivity index (χ1v) is 20.2. The number of para-hydroxylation sites is 1. The summed E-state index contributed by atoms with van der Waals surface area (Å²) in [7, 11) is 1.38. The van der Waals surface area contributed by atoms with Crippen LogP contribution in [0, 0.1) is 15.9 Å². The fraction of sp³-hybridized carbons (Fsp3) is 0.298. The Hall–Kier alpha value is -6.84. The first-order valence-electron chi connectivity index (χ1n) is 20.2.